The molecule has 1 saturated carbocycles. The molecule has 0 aliphatic heterocycles. The lowest BCUT2D eigenvalue weighted by atomic mass is 9.94. The molecule has 2 amide bonds. The third-order valence-corrected chi connectivity index (χ3v) is 7.53. The number of rotatable bonds is 8. The first-order valence-electron chi connectivity index (χ1n) is 12.0. The van der Waals surface area contributed by atoms with Gasteiger partial charge in [0.2, 0.25) is 5.91 Å². The molecule has 0 radical (unpaired) electrons. The van der Waals surface area contributed by atoms with Crippen molar-refractivity contribution in [3.63, 3.8) is 0 Å². The molecule has 2 aliphatic carbocycles. The van der Waals surface area contributed by atoms with Crippen LogP contribution in [0.25, 0.3) is 11.1 Å². The zero-order valence-electron chi connectivity index (χ0n) is 20.3. The van der Waals surface area contributed by atoms with E-state index in [-0.39, 0.29) is 12.5 Å². The molecule has 1 fully saturated rings. The number of carbonyl (C=O) groups is 3. The number of amides is 2. The molecule has 0 saturated heterocycles. The van der Waals surface area contributed by atoms with Crippen molar-refractivity contribution in [1.29, 1.82) is 0 Å². The second kappa shape index (κ2) is 10.1. The van der Waals surface area contributed by atoms with Gasteiger partial charge in [-0.1, -0.05) is 61.4 Å². The molecule has 2 aliphatic rings. The van der Waals surface area contributed by atoms with Crippen molar-refractivity contribution in [2.24, 2.45) is 0 Å². The van der Waals surface area contributed by atoms with Gasteiger partial charge >= 0.3 is 12.1 Å². The number of carbonyl (C=O) groups excluding carboxylic acids is 2. The molecule has 2 atom stereocenters. The Morgan fingerprint density at radius 3 is 2.11 bits per heavy atom. The van der Waals surface area contributed by atoms with E-state index in [9.17, 15) is 19.5 Å². The third kappa shape index (κ3) is 4.50. The number of fused-ring (bicyclic) bond motifs is 3. The summed E-state index contributed by atoms with van der Waals surface area (Å²) in [5.41, 5.74) is 3.14. The largest absolute Gasteiger partial charge is 0.479 e. The van der Waals surface area contributed by atoms with E-state index >= 15 is 0 Å². The maximum Gasteiger partial charge on any atom is 0.407 e. The summed E-state index contributed by atoms with van der Waals surface area (Å²) in [5.74, 6) is -1.66. The normalized spacial score (nSPS) is 17.7. The van der Waals surface area contributed by atoms with Crippen LogP contribution in [0.15, 0.2) is 48.5 Å². The predicted octanol–water partition coefficient (Wildman–Crippen LogP) is 3.78. The smallest absolute Gasteiger partial charge is 0.407 e. The van der Waals surface area contributed by atoms with E-state index in [1.807, 2.05) is 36.4 Å². The number of benzene rings is 2. The fourth-order valence-corrected chi connectivity index (χ4v) is 5.36. The summed E-state index contributed by atoms with van der Waals surface area (Å²) in [6.45, 7) is 1.76. The summed E-state index contributed by atoms with van der Waals surface area (Å²) in [7, 11) is 2.92. The highest BCUT2D eigenvalue weighted by Crippen LogP contribution is 2.44. The van der Waals surface area contributed by atoms with Crippen LogP contribution >= 0.6 is 0 Å². The highest BCUT2D eigenvalue weighted by Gasteiger charge is 2.49. The van der Waals surface area contributed by atoms with Gasteiger partial charge in [0.15, 0.2) is 0 Å². The molecule has 35 heavy (non-hydrogen) atoms. The van der Waals surface area contributed by atoms with Crippen LogP contribution in [-0.4, -0.2) is 66.4 Å². The number of carboxylic acid groups (broad SMARTS) is 1. The maximum atomic E-state index is 13.4. The first kappa shape index (κ1) is 24.7. The Hall–Kier alpha value is -3.39. The van der Waals surface area contributed by atoms with Crippen LogP contribution in [0, 0.1) is 0 Å². The molecular weight excluding hydrogens is 448 g/mol. The van der Waals surface area contributed by atoms with Gasteiger partial charge in [0, 0.05) is 20.1 Å². The third-order valence-electron chi connectivity index (χ3n) is 7.53. The van der Waals surface area contributed by atoms with Crippen LogP contribution in [0.1, 0.15) is 49.7 Å². The molecule has 0 aromatic heterocycles. The van der Waals surface area contributed by atoms with Crippen LogP contribution in [0.2, 0.25) is 0 Å². The van der Waals surface area contributed by atoms with Crippen LogP contribution in [0.3, 0.4) is 0 Å². The Balaban J connectivity index is 1.47. The molecule has 2 aromatic carbocycles. The Morgan fingerprint density at radius 2 is 1.60 bits per heavy atom. The van der Waals surface area contributed by atoms with Crippen molar-refractivity contribution in [3.8, 4) is 11.1 Å². The SMILES string of the molecule is CO[C@H](C)[C@H](NC(=O)OCC1c2ccccc2-c2ccccc21)C(=O)N(C)C1(C(=O)O)CCCC1. The highest BCUT2D eigenvalue weighted by atomic mass is 16.5. The number of alkyl carbamates (subject to hydrolysis) is 1. The van der Waals surface area contributed by atoms with Gasteiger partial charge in [-0.15, -0.1) is 0 Å². The summed E-state index contributed by atoms with van der Waals surface area (Å²) < 4.78 is 10.9. The lowest BCUT2D eigenvalue weighted by Gasteiger charge is -2.38. The molecule has 0 unspecified atom stereocenters. The fraction of sp³-hybridized carbons (Fsp3) is 0.444. The lowest BCUT2D eigenvalue weighted by molar-refractivity contribution is -0.159. The van der Waals surface area contributed by atoms with Crippen LogP contribution in [0.4, 0.5) is 4.79 Å². The number of likely N-dealkylation sites (N-methyl/N-ethyl adjacent to an activating group) is 1. The van der Waals surface area contributed by atoms with E-state index in [1.165, 1.54) is 19.1 Å². The Kier molecular flexibility index (Phi) is 7.12. The summed E-state index contributed by atoms with van der Waals surface area (Å²) in [5, 5.41) is 12.5. The van der Waals surface area contributed by atoms with Crippen molar-refractivity contribution in [1.82, 2.24) is 10.2 Å². The van der Waals surface area contributed by atoms with E-state index in [4.69, 9.17) is 9.47 Å². The average molecular weight is 481 g/mol. The fourth-order valence-electron chi connectivity index (χ4n) is 5.36. The minimum Gasteiger partial charge on any atom is -0.479 e. The Bertz CT molecular complexity index is 1060. The summed E-state index contributed by atoms with van der Waals surface area (Å²) in [4.78, 5) is 39.5. The van der Waals surface area contributed by atoms with Gasteiger partial charge in [-0.05, 0) is 42.0 Å². The van der Waals surface area contributed by atoms with Crippen LogP contribution in [-0.2, 0) is 19.1 Å². The number of hydrogen-bond acceptors (Lipinski definition) is 5. The van der Waals surface area contributed by atoms with E-state index in [0.717, 1.165) is 35.1 Å². The first-order valence-corrected chi connectivity index (χ1v) is 12.0. The molecule has 8 heteroatoms. The van der Waals surface area contributed by atoms with Gasteiger partial charge in [0.1, 0.15) is 18.2 Å². The number of methoxy groups -OCH3 is 1. The van der Waals surface area contributed by atoms with Gasteiger partial charge in [0.05, 0.1) is 6.10 Å². The molecule has 0 heterocycles. The Labute approximate surface area is 205 Å². The molecule has 186 valence electrons. The average Bonchev–Trinajstić information content (AvgIpc) is 3.49. The van der Waals surface area contributed by atoms with E-state index < -0.39 is 35.7 Å². The first-order chi connectivity index (χ1) is 16.8. The zero-order valence-corrected chi connectivity index (χ0v) is 20.3. The maximum absolute atomic E-state index is 13.4. The zero-order chi connectivity index (χ0) is 25.2. The minimum absolute atomic E-state index is 0.108. The standard InChI is InChI=1S/C27H32N2O6/c1-17(34-3)23(24(30)29(2)27(25(31)32)14-8-9-15-27)28-26(33)35-16-22-20-12-6-4-10-18(20)19-11-5-7-13-21(19)22/h4-7,10-13,17,22-23H,8-9,14-16H2,1-3H3,(H,28,33)(H,31,32)/t17-,23+/m1/s1. The monoisotopic (exact) mass is 480 g/mol. The van der Waals surface area contributed by atoms with Crippen molar-refractivity contribution in [2.45, 2.75) is 56.2 Å². The number of nitrogens with one attached hydrogen (secondary N) is 1. The summed E-state index contributed by atoms with van der Waals surface area (Å²) in [6.07, 6.45) is 0.784. The van der Waals surface area contributed by atoms with Crippen molar-refractivity contribution < 1.29 is 29.0 Å². The number of aliphatic carboxylic acids is 1. The molecular formula is C27H32N2O6. The van der Waals surface area contributed by atoms with Gasteiger partial charge in [-0.2, -0.15) is 0 Å². The highest BCUT2D eigenvalue weighted by molar-refractivity contribution is 5.92. The van der Waals surface area contributed by atoms with E-state index in [1.54, 1.807) is 6.92 Å². The van der Waals surface area contributed by atoms with Gasteiger partial charge in [-0.25, -0.2) is 9.59 Å². The van der Waals surface area contributed by atoms with Gasteiger partial charge in [-0.3, -0.25) is 4.79 Å². The van der Waals surface area contributed by atoms with Crippen molar-refractivity contribution in [2.75, 3.05) is 20.8 Å². The second-order valence-corrected chi connectivity index (χ2v) is 9.33. The van der Waals surface area contributed by atoms with Crippen LogP contribution < -0.4 is 5.32 Å². The quantitative estimate of drug-likeness (QED) is 0.596. The number of ether oxygens (including phenoxy) is 2. The Morgan fingerprint density at radius 1 is 1.06 bits per heavy atom. The lowest BCUT2D eigenvalue weighted by Crippen LogP contribution is -2.61. The van der Waals surface area contributed by atoms with Gasteiger partial charge < -0.3 is 24.8 Å². The van der Waals surface area contributed by atoms with Crippen molar-refractivity contribution in [3.05, 3.63) is 59.7 Å². The molecule has 0 bridgehead atoms. The number of nitrogens with zero attached hydrogens (tertiary/aromatic N) is 1. The molecule has 2 N–H and O–H groups in total. The van der Waals surface area contributed by atoms with Gasteiger partial charge in [0.25, 0.3) is 0 Å². The molecule has 4 rings (SSSR count). The molecule has 0 spiro atoms. The topological polar surface area (TPSA) is 105 Å². The summed E-state index contributed by atoms with van der Waals surface area (Å²) in [6, 6.07) is 15.0. The molecule has 2 aromatic rings. The van der Waals surface area contributed by atoms with E-state index in [0.29, 0.717) is 12.8 Å². The second-order valence-electron chi connectivity index (χ2n) is 9.33. The number of hydrogen-bond donors (Lipinski definition) is 2. The predicted molar refractivity (Wildman–Crippen MR) is 130 cm³/mol. The molecule has 8 nitrogen and oxygen atoms in total. The minimum atomic E-state index is -1.27. The van der Waals surface area contributed by atoms with Crippen molar-refractivity contribution >= 4 is 18.0 Å². The number of carboxylic acids is 1. The van der Waals surface area contributed by atoms with E-state index in [2.05, 4.69) is 17.4 Å². The van der Waals surface area contributed by atoms with Crippen LogP contribution in [0.5, 0.6) is 0 Å². The summed E-state index contributed by atoms with van der Waals surface area (Å²) >= 11 is 0.